The van der Waals surface area contributed by atoms with Crippen LogP contribution in [-0.4, -0.2) is 104 Å². The molecule has 2 aliphatic heterocycles. The van der Waals surface area contributed by atoms with Crippen LogP contribution in [0.15, 0.2) is 69.7 Å². The zero-order valence-corrected chi connectivity index (χ0v) is 41.3. The highest BCUT2D eigenvalue weighted by Crippen LogP contribution is 2.45. The van der Waals surface area contributed by atoms with Gasteiger partial charge < -0.3 is 45.4 Å². The summed E-state index contributed by atoms with van der Waals surface area (Å²) in [5.41, 5.74) is 9.89. The number of amides is 3. The van der Waals surface area contributed by atoms with Crippen LogP contribution < -0.4 is 16.0 Å². The minimum atomic E-state index is -0.364. The van der Waals surface area contributed by atoms with Gasteiger partial charge in [-0.25, -0.2) is 0 Å². The molecule has 70 heavy (non-hydrogen) atoms. The van der Waals surface area contributed by atoms with E-state index in [0.717, 1.165) is 63.2 Å². The highest BCUT2D eigenvalue weighted by molar-refractivity contribution is 6.03. The summed E-state index contributed by atoms with van der Waals surface area (Å²) in [5, 5.41) is 58.6. The number of rotatable bonds is 14. The monoisotopic (exact) mass is 955 g/mol. The normalized spacial score (nSPS) is 13.6. The summed E-state index contributed by atoms with van der Waals surface area (Å²) in [5.74, 6) is -0.387. The van der Waals surface area contributed by atoms with Gasteiger partial charge in [-0.3, -0.25) is 24.2 Å². The Morgan fingerprint density at radius 3 is 1.46 bits per heavy atom. The first kappa shape index (κ1) is 50.7. The van der Waals surface area contributed by atoms with Crippen LogP contribution in [0.5, 0.6) is 23.0 Å². The molecule has 0 bridgehead atoms. The van der Waals surface area contributed by atoms with Crippen molar-refractivity contribution in [1.82, 2.24) is 36.1 Å². The average molecular weight is 956 g/mol. The number of aromatic nitrogens is 2. The van der Waals surface area contributed by atoms with E-state index in [9.17, 15) is 34.8 Å². The molecule has 0 saturated carbocycles. The minimum Gasteiger partial charge on any atom is -0.508 e. The van der Waals surface area contributed by atoms with E-state index in [1.807, 2.05) is 59.7 Å². The van der Waals surface area contributed by atoms with Gasteiger partial charge in [-0.05, 0) is 102 Å². The standard InChI is InChI=1S/C28H34N4O5.C26H31N3O4/c1-5-29-28(36)26-25(27(37-31-26)22-13-21(16(2)3)23(34)14-24(22)35)19-6-7-20-15-32(10-8-18(20)12-19)11-9-30-17(4)33;1-5-27-26(32)24-23(17-7-8-18-14-29(6-2)10-9-16(18)11-17)25(33-28-24)20-12-19(15(3)4)21(30)13-22(20)31/h6-7,12-14,16,34-35H,5,8-11,15H2,1-4H3,(H,29,36)(H,30,33);7-8,11-13,15,30-31H,5-6,9-10,14H2,1-4H3,(H,27,32). The van der Waals surface area contributed by atoms with Crippen molar-refractivity contribution in [3.05, 3.63) is 105 Å². The van der Waals surface area contributed by atoms with Crippen molar-refractivity contribution >= 4 is 17.7 Å². The largest absolute Gasteiger partial charge is 0.508 e. The Labute approximate surface area is 408 Å². The molecule has 16 heteroatoms. The Balaban J connectivity index is 0.000000208. The fourth-order valence-corrected chi connectivity index (χ4v) is 9.14. The van der Waals surface area contributed by atoms with Gasteiger partial charge in [-0.1, -0.05) is 81.3 Å². The fourth-order valence-electron chi connectivity index (χ4n) is 9.14. The van der Waals surface area contributed by atoms with Crippen molar-refractivity contribution in [3.8, 4) is 67.9 Å². The van der Waals surface area contributed by atoms with Crippen molar-refractivity contribution in [3.63, 3.8) is 0 Å². The molecule has 0 radical (unpaired) electrons. The van der Waals surface area contributed by atoms with Crippen molar-refractivity contribution in [2.75, 3.05) is 45.8 Å². The number of benzene rings is 4. The lowest BCUT2D eigenvalue weighted by Gasteiger charge is -2.29. The first-order valence-corrected chi connectivity index (χ1v) is 24.1. The summed E-state index contributed by atoms with van der Waals surface area (Å²) in [6.07, 6.45) is 1.75. The number of phenolic OH excluding ortho intramolecular Hbond substituents is 4. The predicted molar refractivity (Wildman–Crippen MR) is 268 cm³/mol. The van der Waals surface area contributed by atoms with E-state index in [0.29, 0.717) is 58.8 Å². The topological polar surface area (TPSA) is 227 Å². The molecule has 16 nitrogen and oxygen atoms in total. The molecule has 8 rings (SSSR count). The molecule has 4 heterocycles. The van der Waals surface area contributed by atoms with E-state index in [1.165, 1.54) is 41.3 Å². The van der Waals surface area contributed by atoms with Crippen LogP contribution in [0.1, 0.15) is 122 Å². The first-order valence-electron chi connectivity index (χ1n) is 24.1. The summed E-state index contributed by atoms with van der Waals surface area (Å²) in [6, 6.07) is 18.2. The van der Waals surface area contributed by atoms with E-state index in [1.54, 1.807) is 12.1 Å². The second-order valence-corrected chi connectivity index (χ2v) is 18.5. The van der Waals surface area contributed by atoms with Crippen molar-refractivity contribution in [2.45, 2.75) is 93.2 Å². The predicted octanol–water partition coefficient (Wildman–Crippen LogP) is 8.46. The lowest BCUT2D eigenvalue weighted by atomic mass is 9.91. The number of hydrogen-bond acceptors (Lipinski definition) is 13. The van der Waals surface area contributed by atoms with Crippen LogP contribution in [-0.2, 0) is 30.7 Å². The van der Waals surface area contributed by atoms with E-state index < -0.39 is 0 Å². The smallest absolute Gasteiger partial charge is 0.274 e. The third-order valence-electron chi connectivity index (χ3n) is 12.9. The van der Waals surface area contributed by atoms with Gasteiger partial charge >= 0.3 is 0 Å². The second kappa shape index (κ2) is 22.1. The fraction of sp³-hybridized carbons (Fsp3) is 0.389. The molecule has 2 aromatic heterocycles. The van der Waals surface area contributed by atoms with Gasteiger partial charge in [-0.2, -0.15) is 0 Å². The molecule has 3 amide bonds. The van der Waals surface area contributed by atoms with E-state index in [4.69, 9.17) is 9.05 Å². The van der Waals surface area contributed by atoms with Gasteiger partial charge in [0, 0.05) is 71.4 Å². The quantitative estimate of drug-likeness (QED) is 0.0545. The lowest BCUT2D eigenvalue weighted by molar-refractivity contribution is -0.119. The Hall–Kier alpha value is -7.17. The van der Waals surface area contributed by atoms with Crippen LogP contribution in [0.25, 0.3) is 44.9 Å². The molecule has 0 fully saturated rings. The van der Waals surface area contributed by atoms with Crippen LogP contribution in [0.3, 0.4) is 0 Å². The zero-order valence-electron chi connectivity index (χ0n) is 41.3. The van der Waals surface area contributed by atoms with Crippen LogP contribution in [0, 0.1) is 0 Å². The summed E-state index contributed by atoms with van der Waals surface area (Å²) in [6.45, 7) is 22.0. The molecule has 6 aromatic rings. The summed E-state index contributed by atoms with van der Waals surface area (Å²) >= 11 is 0. The lowest BCUT2D eigenvalue weighted by Crippen LogP contribution is -2.37. The maximum atomic E-state index is 12.9. The SMILES string of the molecule is CCNC(=O)c1noc(-c2cc(C(C)C)c(O)cc2O)c1-c1ccc2c(c1)CCN(CC)C2.CCNC(=O)c1noc(-c2cc(C(C)C)c(O)cc2O)c1-c1ccc2c(c1)CCN(CCNC(C)=O)C2. The molecule has 2 aliphatic rings. The van der Waals surface area contributed by atoms with Gasteiger partial charge in [0.05, 0.1) is 22.3 Å². The highest BCUT2D eigenvalue weighted by atomic mass is 16.5. The van der Waals surface area contributed by atoms with Gasteiger partial charge in [0.25, 0.3) is 11.8 Å². The molecular weight excluding hydrogens is 891 g/mol. The van der Waals surface area contributed by atoms with E-state index in [2.05, 4.69) is 61.2 Å². The summed E-state index contributed by atoms with van der Waals surface area (Å²) < 4.78 is 11.4. The molecule has 7 N–H and O–H groups in total. The molecule has 370 valence electrons. The number of carbonyl (C=O) groups excluding carboxylic acids is 3. The number of nitrogens with zero attached hydrogens (tertiary/aromatic N) is 4. The third kappa shape index (κ3) is 11.0. The molecule has 0 atom stereocenters. The number of phenols is 4. The number of hydrogen-bond donors (Lipinski definition) is 7. The number of likely N-dealkylation sites (N-methyl/N-ethyl adjacent to an activating group) is 1. The first-order chi connectivity index (χ1) is 33.5. The molecule has 0 saturated heterocycles. The number of fused-ring (bicyclic) bond motifs is 2. The molecule has 0 aliphatic carbocycles. The molecule has 0 spiro atoms. The maximum absolute atomic E-state index is 12.9. The van der Waals surface area contributed by atoms with Gasteiger partial charge in [0.2, 0.25) is 5.91 Å². The molecular formula is C54H65N7O9. The van der Waals surface area contributed by atoms with Crippen molar-refractivity contribution in [2.24, 2.45) is 0 Å². The number of nitrogens with one attached hydrogen (secondary N) is 3. The summed E-state index contributed by atoms with van der Waals surface area (Å²) in [4.78, 5) is 41.6. The Morgan fingerprint density at radius 1 is 0.600 bits per heavy atom. The van der Waals surface area contributed by atoms with Crippen LogP contribution in [0.4, 0.5) is 0 Å². The van der Waals surface area contributed by atoms with Crippen LogP contribution >= 0.6 is 0 Å². The number of aromatic hydroxyl groups is 4. The second-order valence-electron chi connectivity index (χ2n) is 18.5. The molecule has 4 aromatic carbocycles. The van der Waals surface area contributed by atoms with Crippen LogP contribution in [0.2, 0.25) is 0 Å². The van der Waals surface area contributed by atoms with Crippen molar-refractivity contribution < 1.29 is 43.9 Å². The third-order valence-corrected chi connectivity index (χ3v) is 12.9. The van der Waals surface area contributed by atoms with E-state index in [-0.39, 0.29) is 69.7 Å². The Morgan fingerprint density at radius 2 is 1.04 bits per heavy atom. The maximum Gasteiger partial charge on any atom is 0.274 e. The zero-order chi connectivity index (χ0) is 50.4. The van der Waals surface area contributed by atoms with Gasteiger partial charge in [-0.15, -0.1) is 0 Å². The van der Waals surface area contributed by atoms with Gasteiger partial charge in [0.15, 0.2) is 22.9 Å². The Kier molecular flexibility index (Phi) is 16.0. The Bertz CT molecular complexity index is 2880. The minimum absolute atomic E-state index is 0.00176. The molecule has 0 unspecified atom stereocenters. The number of carbonyl (C=O) groups is 3. The summed E-state index contributed by atoms with van der Waals surface area (Å²) in [7, 11) is 0. The average Bonchev–Trinajstić information content (AvgIpc) is 3.97. The van der Waals surface area contributed by atoms with Crippen molar-refractivity contribution in [1.29, 1.82) is 0 Å². The highest BCUT2D eigenvalue weighted by Gasteiger charge is 2.30. The van der Waals surface area contributed by atoms with Gasteiger partial charge in [0.1, 0.15) is 23.0 Å². The van der Waals surface area contributed by atoms with E-state index >= 15 is 0 Å².